The Labute approximate surface area is 63.3 Å². The molecule has 1 unspecified atom stereocenters. The maximum absolute atomic E-state index is 5.60. The summed E-state index contributed by atoms with van der Waals surface area (Å²) in [7, 11) is 0. The Morgan fingerprint density at radius 3 is 2.80 bits per heavy atom. The lowest BCUT2D eigenvalue weighted by Gasteiger charge is -2.14. The molecule has 0 aliphatic heterocycles. The molecule has 1 aliphatic carbocycles. The average molecular weight is 139 g/mol. The molecule has 2 N–H and O–H groups in total. The number of nitrogens with two attached hydrogens (primary N) is 1. The van der Waals surface area contributed by atoms with Crippen molar-refractivity contribution in [3.05, 3.63) is 12.2 Å². The van der Waals surface area contributed by atoms with Crippen LogP contribution in [0.5, 0.6) is 0 Å². The summed E-state index contributed by atoms with van der Waals surface area (Å²) in [6.45, 7) is 0.883. The Bertz CT molecular complexity index is 107. The van der Waals surface area contributed by atoms with Crippen molar-refractivity contribution in [2.45, 2.75) is 32.1 Å². The van der Waals surface area contributed by atoms with Gasteiger partial charge < -0.3 is 5.73 Å². The molecule has 0 fully saturated rings. The normalized spacial score (nSPS) is 30.7. The number of hydrogen-bond donors (Lipinski definition) is 1. The molecule has 0 heterocycles. The average Bonchev–Trinajstić information content (AvgIpc) is 1.87. The molecule has 1 nitrogen and oxygen atoms in total. The van der Waals surface area contributed by atoms with E-state index in [0.717, 1.165) is 12.5 Å². The van der Waals surface area contributed by atoms with E-state index in [1.807, 2.05) is 0 Å². The van der Waals surface area contributed by atoms with Gasteiger partial charge in [0, 0.05) is 0 Å². The molecule has 0 amide bonds. The van der Waals surface area contributed by atoms with Crippen LogP contribution < -0.4 is 5.73 Å². The van der Waals surface area contributed by atoms with Gasteiger partial charge >= 0.3 is 0 Å². The summed E-state index contributed by atoms with van der Waals surface area (Å²) >= 11 is 0. The minimum absolute atomic E-state index is 0.796. The zero-order valence-corrected chi connectivity index (χ0v) is 6.55. The molecule has 0 aromatic heterocycles. The van der Waals surface area contributed by atoms with Crippen molar-refractivity contribution < 1.29 is 0 Å². The van der Waals surface area contributed by atoms with E-state index in [1.165, 1.54) is 32.1 Å². The quantitative estimate of drug-likeness (QED) is 0.553. The number of rotatable bonds is 1. The molecule has 1 aliphatic rings. The van der Waals surface area contributed by atoms with Crippen molar-refractivity contribution >= 4 is 0 Å². The lowest BCUT2D eigenvalue weighted by atomic mass is 9.94. The molecule has 0 bridgehead atoms. The second kappa shape index (κ2) is 4.51. The Kier molecular flexibility index (Phi) is 3.52. The Balaban J connectivity index is 2.27. The second-order valence-corrected chi connectivity index (χ2v) is 3.08. The number of hydrogen-bond acceptors (Lipinski definition) is 1. The van der Waals surface area contributed by atoms with Crippen LogP contribution in [0, 0.1) is 5.92 Å². The summed E-state index contributed by atoms with van der Waals surface area (Å²) in [4.78, 5) is 0. The van der Waals surface area contributed by atoms with Gasteiger partial charge in [-0.25, -0.2) is 0 Å². The van der Waals surface area contributed by atoms with Crippen molar-refractivity contribution in [3.63, 3.8) is 0 Å². The zero-order valence-electron chi connectivity index (χ0n) is 6.55. The third-order valence-corrected chi connectivity index (χ3v) is 2.22. The third-order valence-electron chi connectivity index (χ3n) is 2.22. The molecule has 1 heteroatoms. The lowest BCUT2D eigenvalue weighted by molar-refractivity contribution is 0.445. The first-order chi connectivity index (χ1) is 4.93. The standard InChI is InChI=1S/C9H17N/c10-8-9-6-4-2-1-3-5-7-9/h1-2,9H,3-8,10H2/b2-1-. The molecule has 0 radical (unpaired) electrons. The fourth-order valence-corrected chi connectivity index (χ4v) is 1.47. The van der Waals surface area contributed by atoms with Gasteiger partial charge in [-0.3, -0.25) is 0 Å². The van der Waals surface area contributed by atoms with Crippen LogP contribution >= 0.6 is 0 Å². The molecule has 0 aromatic rings. The summed E-state index contributed by atoms with van der Waals surface area (Å²) in [5.74, 6) is 0.796. The van der Waals surface area contributed by atoms with Gasteiger partial charge in [0.1, 0.15) is 0 Å². The van der Waals surface area contributed by atoms with Crippen LogP contribution in [0.2, 0.25) is 0 Å². The molecule has 58 valence electrons. The van der Waals surface area contributed by atoms with Gasteiger partial charge in [-0.2, -0.15) is 0 Å². The maximum atomic E-state index is 5.60. The van der Waals surface area contributed by atoms with Gasteiger partial charge in [0.15, 0.2) is 0 Å². The van der Waals surface area contributed by atoms with Gasteiger partial charge in [0.25, 0.3) is 0 Å². The van der Waals surface area contributed by atoms with Gasteiger partial charge in [0.05, 0.1) is 0 Å². The molecule has 1 rings (SSSR count). The molecule has 0 spiro atoms. The summed E-state index contributed by atoms with van der Waals surface area (Å²) in [5, 5.41) is 0. The summed E-state index contributed by atoms with van der Waals surface area (Å²) in [6.07, 6.45) is 11.1. The van der Waals surface area contributed by atoms with Crippen LogP contribution in [-0.2, 0) is 0 Å². The first-order valence-corrected chi connectivity index (χ1v) is 4.28. The van der Waals surface area contributed by atoms with E-state index in [0.29, 0.717) is 0 Å². The molecule has 0 saturated carbocycles. The van der Waals surface area contributed by atoms with Crippen LogP contribution in [0.4, 0.5) is 0 Å². The molecule has 0 aromatic carbocycles. The Hall–Kier alpha value is -0.300. The molecule has 0 saturated heterocycles. The van der Waals surface area contributed by atoms with Gasteiger partial charge in [0.2, 0.25) is 0 Å². The number of allylic oxidation sites excluding steroid dienone is 2. The van der Waals surface area contributed by atoms with E-state index < -0.39 is 0 Å². The fraction of sp³-hybridized carbons (Fsp3) is 0.778. The van der Waals surface area contributed by atoms with Crippen LogP contribution in [0.1, 0.15) is 32.1 Å². The minimum atomic E-state index is 0.796. The van der Waals surface area contributed by atoms with Crippen molar-refractivity contribution in [2.75, 3.05) is 6.54 Å². The summed E-state index contributed by atoms with van der Waals surface area (Å²) in [5.41, 5.74) is 5.60. The molecule has 10 heavy (non-hydrogen) atoms. The van der Waals surface area contributed by atoms with E-state index >= 15 is 0 Å². The Morgan fingerprint density at radius 2 is 2.00 bits per heavy atom. The first-order valence-electron chi connectivity index (χ1n) is 4.28. The highest BCUT2D eigenvalue weighted by molar-refractivity contribution is 4.84. The molecular weight excluding hydrogens is 122 g/mol. The van der Waals surface area contributed by atoms with E-state index in [4.69, 9.17) is 5.73 Å². The van der Waals surface area contributed by atoms with E-state index in [9.17, 15) is 0 Å². The Morgan fingerprint density at radius 1 is 1.20 bits per heavy atom. The van der Waals surface area contributed by atoms with E-state index in [2.05, 4.69) is 12.2 Å². The smallest absolute Gasteiger partial charge is 0.00488 e. The van der Waals surface area contributed by atoms with Crippen molar-refractivity contribution in [1.29, 1.82) is 0 Å². The monoisotopic (exact) mass is 139 g/mol. The van der Waals surface area contributed by atoms with E-state index in [-0.39, 0.29) is 0 Å². The fourth-order valence-electron chi connectivity index (χ4n) is 1.47. The van der Waals surface area contributed by atoms with Crippen LogP contribution in [-0.4, -0.2) is 6.54 Å². The van der Waals surface area contributed by atoms with Crippen LogP contribution in [0.15, 0.2) is 12.2 Å². The topological polar surface area (TPSA) is 26.0 Å². The summed E-state index contributed by atoms with van der Waals surface area (Å²) < 4.78 is 0. The van der Waals surface area contributed by atoms with E-state index in [1.54, 1.807) is 0 Å². The minimum Gasteiger partial charge on any atom is -0.330 e. The van der Waals surface area contributed by atoms with Crippen molar-refractivity contribution in [3.8, 4) is 0 Å². The highest BCUT2D eigenvalue weighted by atomic mass is 14.5. The lowest BCUT2D eigenvalue weighted by Crippen LogP contribution is -2.14. The van der Waals surface area contributed by atoms with Crippen molar-refractivity contribution in [1.82, 2.24) is 0 Å². The summed E-state index contributed by atoms with van der Waals surface area (Å²) in [6, 6.07) is 0. The van der Waals surface area contributed by atoms with Gasteiger partial charge in [-0.1, -0.05) is 12.2 Å². The van der Waals surface area contributed by atoms with Gasteiger partial charge in [-0.05, 0) is 44.6 Å². The SMILES string of the molecule is NCC1CC/C=C\CCC1. The maximum Gasteiger partial charge on any atom is -0.00488 e. The molecular formula is C9H17N. The van der Waals surface area contributed by atoms with Crippen molar-refractivity contribution in [2.24, 2.45) is 11.7 Å². The highest BCUT2D eigenvalue weighted by Gasteiger charge is 2.05. The molecule has 1 atom stereocenters. The highest BCUT2D eigenvalue weighted by Crippen LogP contribution is 2.16. The third kappa shape index (κ3) is 2.53. The van der Waals surface area contributed by atoms with Gasteiger partial charge in [-0.15, -0.1) is 0 Å². The largest absolute Gasteiger partial charge is 0.330 e. The van der Waals surface area contributed by atoms with Crippen LogP contribution in [0.3, 0.4) is 0 Å². The first kappa shape index (κ1) is 7.80. The predicted octanol–water partition coefficient (Wildman–Crippen LogP) is 2.08. The van der Waals surface area contributed by atoms with Crippen LogP contribution in [0.25, 0.3) is 0 Å². The second-order valence-electron chi connectivity index (χ2n) is 3.08. The zero-order chi connectivity index (χ0) is 7.23. The predicted molar refractivity (Wildman–Crippen MR) is 44.8 cm³/mol.